The fourth-order valence-electron chi connectivity index (χ4n) is 2.25. The van der Waals surface area contributed by atoms with Crippen molar-refractivity contribution in [3.05, 3.63) is 59.7 Å². The monoisotopic (exact) mass is 282 g/mol. The second kappa shape index (κ2) is 6.31. The number of benzene rings is 2. The molecule has 0 atom stereocenters. The van der Waals surface area contributed by atoms with Gasteiger partial charge in [0.1, 0.15) is 23.9 Å². The van der Waals surface area contributed by atoms with Gasteiger partial charge in [-0.2, -0.15) is 0 Å². The number of amidine groups is 1. The van der Waals surface area contributed by atoms with E-state index in [-0.39, 0.29) is 0 Å². The standard InChI is InChI=1S/C17H18N2O2/c1-20-15-6-2-4-13(10-15)12-21-16-7-3-5-14(11-16)17-18-8-9-19-17/h2-7,10-11H,8-9,12H2,1H3,(H,18,19). The first-order valence-electron chi connectivity index (χ1n) is 6.99. The summed E-state index contributed by atoms with van der Waals surface area (Å²) in [6.07, 6.45) is 0. The molecule has 0 bridgehead atoms. The summed E-state index contributed by atoms with van der Waals surface area (Å²) in [6.45, 7) is 2.26. The number of hydrogen-bond donors (Lipinski definition) is 1. The second-order valence-electron chi connectivity index (χ2n) is 4.83. The van der Waals surface area contributed by atoms with Gasteiger partial charge in [0, 0.05) is 12.1 Å². The highest BCUT2D eigenvalue weighted by Crippen LogP contribution is 2.18. The molecule has 1 aliphatic rings. The van der Waals surface area contributed by atoms with E-state index in [0.29, 0.717) is 6.61 Å². The van der Waals surface area contributed by atoms with Gasteiger partial charge in [0.15, 0.2) is 0 Å². The van der Waals surface area contributed by atoms with Crippen LogP contribution in [-0.2, 0) is 6.61 Å². The zero-order valence-corrected chi connectivity index (χ0v) is 12.0. The highest BCUT2D eigenvalue weighted by molar-refractivity contribution is 6.00. The second-order valence-corrected chi connectivity index (χ2v) is 4.83. The third-order valence-electron chi connectivity index (χ3n) is 3.32. The van der Waals surface area contributed by atoms with E-state index in [4.69, 9.17) is 9.47 Å². The van der Waals surface area contributed by atoms with Crippen LogP contribution in [0.4, 0.5) is 0 Å². The topological polar surface area (TPSA) is 42.9 Å². The summed E-state index contributed by atoms with van der Waals surface area (Å²) in [5, 5.41) is 3.27. The van der Waals surface area contributed by atoms with E-state index in [9.17, 15) is 0 Å². The Morgan fingerprint density at radius 2 is 1.95 bits per heavy atom. The van der Waals surface area contributed by atoms with Gasteiger partial charge in [-0.3, -0.25) is 4.99 Å². The van der Waals surface area contributed by atoms with Crippen molar-refractivity contribution in [1.82, 2.24) is 5.32 Å². The Hall–Kier alpha value is -2.49. The molecule has 0 saturated carbocycles. The molecule has 0 amide bonds. The van der Waals surface area contributed by atoms with Crippen LogP contribution < -0.4 is 14.8 Å². The van der Waals surface area contributed by atoms with Crippen LogP contribution in [0.2, 0.25) is 0 Å². The molecule has 1 aliphatic heterocycles. The van der Waals surface area contributed by atoms with E-state index in [1.54, 1.807) is 7.11 Å². The van der Waals surface area contributed by atoms with Crippen LogP contribution in [0.25, 0.3) is 0 Å². The molecule has 1 N–H and O–H groups in total. The van der Waals surface area contributed by atoms with Crippen LogP contribution in [-0.4, -0.2) is 26.0 Å². The fraction of sp³-hybridized carbons (Fsp3) is 0.235. The molecule has 2 aromatic rings. The van der Waals surface area contributed by atoms with Gasteiger partial charge < -0.3 is 14.8 Å². The number of nitrogens with zero attached hydrogens (tertiary/aromatic N) is 1. The zero-order valence-electron chi connectivity index (χ0n) is 12.0. The maximum absolute atomic E-state index is 5.85. The Balaban J connectivity index is 1.68. The summed E-state index contributed by atoms with van der Waals surface area (Å²) < 4.78 is 11.1. The van der Waals surface area contributed by atoms with Gasteiger partial charge in [0.05, 0.1) is 13.7 Å². The maximum Gasteiger partial charge on any atom is 0.128 e. The van der Waals surface area contributed by atoms with E-state index >= 15 is 0 Å². The van der Waals surface area contributed by atoms with E-state index in [2.05, 4.69) is 10.3 Å². The van der Waals surface area contributed by atoms with Crippen molar-refractivity contribution in [2.24, 2.45) is 4.99 Å². The fourth-order valence-corrected chi connectivity index (χ4v) is 2.25. The van der Waals surface area contributed by atoms with Crippen molar-refractivity contribution in [3.63, 3.8) is 0 Å². The third kappa shape index (κ3) is 3.34. The smallest absolute Gasteiger partial charge is 0.128 e. The highest BCUT2D eigenvalue weighted by atomic mass is 16.5. The molecule has 0 unspecified atom stereocenters. The molecule has 0 fully saturated rings. The van der Waals surface area contributed by atoms with E-state index < -0.39 is 0 Å². The van der Waals surface area contributed by atoms with Gasteiger partial charge in [0.25, 0.3) is 0 Å². The molecule has 2 aromatic carbocycles. The molecular weight excluding hydrogens is 264 g/mol. The van der Waals surface area contributed by atoms with Gasteiger partial charge in [-0.25, -0.2) is 0 Å². The molecule has 0 saturated heterocycles. The van der Waals surface area contributed by atoms with Gasteiger partial charge in [-0.1, -0.05) is 24.3 Å². The normalized spacial score (nSPS) is 13.5. The minimum absolute atomic E-state index is 0.514. The number of rotatable bonds is 5. The van der Waals surface area contributed by atoms with Crippen molar-refractivity contribution in [1.29, 1.82) is 0 Å². The third-order valence-corrected chi connectivity index (χ3v) is 3.32. The van der Waals surface area contributed by atoms with E-state index in [1.165, 1.54) is 0 Å². The van der Waals surface area contributed by atoms with Crippen molar-refractivity contribution in [3.8, 4) is 11.5 Å². The predicted octanol–water partition coefficient (Wildman–Crippen LogP) is 2.62. The first kappa shape index (κ1) is 13.5. The van der Waals surface area contributed by atoms with Gasteiger partial charge >= 0.3 is 0 Å². The lowest BCUT2D eigenvalue weighted by Crippen LogP contribution is -2.19. The number of methoxy groups -OCH3 is 1. The van der Waals surface area contributed by atoms with Crippen molar-refractivity contribution >= 4 is 5.84 Å². The van der Waals surface area contributed by atoms with E-state index in [0.717, 1.165) is 41.6 Å². The van der Waals surface area contributed by atoms with Crippen molar-refractivity contribution in [2.75, 3.05) is 20.2 Å². The Morgan fingerprint density at radius 3 is 2.76 bits per heavy atom. The summed E-state index contributed by atoms with van der Waals surface area (Å²) in [5.74, 6) is 2.63. The first-order valence-corrected chi connectivity index (χ1v) is 6.99. The average Bonchev–Trinajstić information content (AvgIpc) is 3.08. The highest BCUT2D eigenvalue weighted by Gasteiger charge is 2.08. The molecule has 3 rings (SSSR count). The van der Waals surface area contributed by atoms with Crippen LogP contribution in [0, 0.1) is 0 Å². The van der Waals surface area contributed by atoms with Gasteiger partial charge in [-0.05, 0) is 29.8 Å². The van der Waals surface area contributed by atoms with Crippen molar-refractivity contribution < 1.29 is 9.47 Å². The minimum Gasteiger partial charge on any atom is -0.497 e. The van der Waals surface area contributed by atoms with Gasteiger partial charge in [-0.15, -0.1) is 0 Å². The summed E-state index contributed by atoms with van der Waals surface area (Å²) in [5.41, 5.74) is 2.15. The van der Waals surface area contributed by atoms with Crippen LogP contribution in [0.3, 0.4) is 0 Å². The van der Waals surface area contributed by atoms with Gasteiger partial charge in [0.2, 0.25) is 0 Å². The lowest BCUT2D eigenvalue weighted by atomic mass is 10.2. The predicted molar refractivity (Wildman–Crippen MR) is 83.2 cm³/mol. The molecule has 0 aromatic heterocycles. The lowest BCUT2D eigenvalue weighted by Gasteiger charge is -2.09. The Labute approximate surface area is 124 Å². The van der Waals surface area contributed by atoms with Crippen LogP contribution in [0.1, 0.15) is 11.1 Å². The molecule has 21 heavy (non-hydrogen) atoms. The molecule has 0 spiro atoms. The molecule has 0 radical (unpaired) electrons. The Morgan fingerprint density at radius 1 is 1.10 bits per heavy atom. The SMILES string of the molecule is COc1cccc(COc2cccc(C3=NCCN3)c2)c1. The van der Waals surface area contributed by atoms with Crippen LogP contribution in [0.5, 0.6) is 11.5 Å². The minimum atomic E-state index is 0.514. The number of hydrogen-bond acceptors (Lipinski definition) is 4. The summed E-state index contributed by atoms with van der Waals surface area (Å²) in [7, 11) is 1.67. The van der Waals surface area contributed by atoms with Crippen LogP contribution in [0.15, 0.2) is 53.5 Å². The quantitative estimate of drug-likeness (QED) is 0.916. The average molecular weight is 282 g/mol. The maximum atomic E-state index is 5.85. The number of aliphatic imine (C=N–C) groups is 1. The zero-order chi connectivity index (χ0) is 14.5. The number of nitrogens with one attached hydrogen (secondary N) is 1. The summed E-state index contributed by atoms with van der Waals surface area (Å²) in [6, 6.07) is 15.9. The molecule has 108 valence electrons. The molecule has 1 heterocycles. The first-order chi connectivity index (χ1) is 10.3. The number of ether oxygens (including phenoxy) is 2. The molecule has 0 aliphatic carbocycles. The summed E-state index contributed by atoms with van der Waals surface area (Å²) >= 11 is 0. The molecular formula is C17H18N2O2. The van der Waals surface area contributed by atoms with Crippen LogP contribution >= 0.6 is 0 Å². The van der Waals surface area contributed by atoms with E-state index in [1.807, 2.05) is 48.5 Å². The lowest BCUT2D eigenvalue weighted by molar-refractivity contribution is 0.305. The molecule has 4 nitrogen and oxygen atoms in total. The molecule has 4 heteroatoms. The Kier molecular flexibility index (Phi) is 4.05. The Bertz CT molecular complexity index is 653. The summed E-state index contributed by atoms with van der Waals surface area (Å²) in [4.78, 5) is 4.42. The van der Waals surface area contributed by atoms with Crippen molar-refractivity contribution in [2.45, 2.75) is 6.61 Å². The largest absolute Gasteiger partial charge is 0.497 e.